The standard InChI is InChI=1S/C26H32N4O2S/c1-4-32-24-14-13-21(20(3)31)17-22(24)18-33-26-28-27-25(19(2)29-15-9-6-10-16-29)30(26)23-11-7-5-8-12-23/h5,7-8,11-14,17,19H,4,6,9-10,15-16,18H2,1-3H3. The lowest BCUT2D eigenvalue weighted by Gasteiger charge is -2.31. The van der Waals surface area contributed by atoms with Crippen LogP contribution in [0.3, 0.4) is 0 Å². The topological polar surface area (TPSA) is 60.2 Å². The summed E-state index contributed by atoms with van der Waals surface area (Å²) in [6.07, 6.45) is 3.77. The van der Waals surface area contributed by atoms with Gasteiger partial charge in [-0.1, -0.05) is 36.4 Å². The molecular formula is C26H32N4O2S. The number of piperidine rings is 1. The molecule has 2 aromatic carbocycles. The number of para-hydroxylation sites is 1. The lowest BCUT2D eigenvalue weighted by Crippen LogP contribution is -2.33. The molecule has 1 aliphatic rings. The molecule has 0 spiro atoms. The van der Waals surface area contributed by atoms with Crippen molar-refractivity contribution >= 4 is 17.5 Å². The van der Waals surface area contributed by atoms with E-state index in [9.17, 15) is 4.79 Å². The molecule has 1 aliphatic heterocycles. The highest BCUT2D eigenvalue weighted by Gasteiger charge is 2.25. The van der Waals surface area contributed by atoms with E-state index >= 15 is 0 Å². The molecule has 4 rings (SSSR count). The van der Waals surface area contributed by atoms with E-state index in [1.54, 1.807) is 18.7 Å². The van der Waals surface area contributed by atoms with Gasteiger partial charge >= 0.3 is 0 Å². The highest BCUT2D eigenvalue weighted by molar-refractivity contribution is 7.98. The molecule has 174 valence electrons. The van der Waals surface area contributed by atoms with Gasteiger partial charge in [0.25, 0.3) is 0 Å². The van der Waals surface area contributed by atoms with Crippen molar-refractivity contribution < 1.29 is 9.53 Å². The molecule has 1 fully saturated rings. The summed E-state index contributed by atoms with van der Waals surface area (Å²) in [7, 11) is 0. The third-order valence-electron chi connectivity index (χ3n) is 6.11. The number of hydrogen-bond acceptors (Lipinski definition) is 6. The second kappa shape index (κ2) is 11.0. The summed E-state index contributed by atoms with van der Waals surface area (Å²) in [5, 5.41) is 10.1. The van der Waals surface area contributed by atoms with Crippen molar-refractivity contribution in [2.75, 3.05) is 19.7 Å². The van der Waals surface area contributed by atoms with Gasteiger partial charge in [0.2, 0.25) is 0 Å². The molecule has 1 unspecified atom stereocenters. The summed E-state index contributed by atoms with van der Waals surface area (Å²) in [5.41, 5.74) is 2.74. The van der Waals surface area contributed by atoms with E-state index in [4.69, 9.17) is 4.74 Å². The predicted molar refractivity (Wildman–Crippen MR) is 132 cm³/mol. The zero-order valence-electron chi connectivity index (χ0n) is 19.7. The molecule has 2 heterocycles. The Balaban J connectivity index is 1.65. The largest absolute Gasteiger partial charge is 0.494 e. The van der Waals surface area contributed by atoms with E-state index in [-0.39, 0.29) is 11.8 Å². The Kier molecular flexibility index (Phi) is 7.83. The number of likely N-dealkylation sites (tertiary alicyclic amines) is 1. The summed E-state index contributed by atoms with van der Waals surface area (Å²) in [6.45, 7) is 8.56. The minimum atomic E-state index is 0.0504. The Hall–Kier alpha value is -2.64. The minimum absolute atomic E-state index is 0.0504. The maximum atomic E-state index is 11.9. The first-order valence-electron chi connectivity index (χ1n) is 11.7. The molecule has 0 aliphatic carbocycles. The van der Waals surface area contributed by atoms with E-state index in [1.807, 2.05) is 43.3 Å². The Morgan fingerprint density at radius 1 is 1.09 bits per heavy atom. The molecule has 6 nitrogen and oxygen atoms in total. The summed E-state index contributed by atoms with van der Waals surface area (Å²) < 4.78 is 8.00. The van der Waals surface area contributed by atoms with Crippen LogP contribution in [-0.2, 0) is 5.75 Å². The van der Waals surface area contributed by atoms with Crippen LogP contribution in [-0.4, -0.2) is 45.1 Å². The Labute approximate surface area is 200 Å². The van der Waals surface area contributed by atoms with Gasteiger partial charge in [0, 0.05) is 22.6 Å². The maximum absolute atomic E-state index is 11.9. The van der Waals surface area contributed by atoms with Gasteiger partial charge in [0.1, 0.15) is 5.75 Å². The molecule has 3 aromatic rings. The first-order valence-corrected chi connectivity index (χ1v) is 12.7. The average molecular weight is 465 g/mol. The van der Waals surface area contributed by atoms with Crippen LogP contribution in [0.5, 0.6) is 5.75 Å². The van der Waals surface area contributed by atoms with Crippen LogP contribution in [0.2, 0.25) is 0 Å². The SMILES string of the molecule is CCOc1ccc(C(C)=O)cc1CSc1nnc(C(C)N2CCCCC2)n1-c1ccccc1. The van der Waals surface area contributed by atoms with Gasteiger partial charge < -0.3 is 4.74 Å². The number of carbonyl (C=O) groups is 1. The summed E-state index contributed by atoms with van der Waals surface area (Å²) in [4.78, 5) is 14.4. The van der Waals surface area contributed by atoms with Crippen molar-refractivity contribution in [1.29, 1.82) is 0 Å². The minimum Gasteiger partial charge on any atom is -0.494 e. The number of ether oxygens (including phenoxy) is 1. The average Bonchev–Trinajstić information content (AvgIpc) is 3.28. The van der Waals surface area contributed by atoms with E-state index in [1.165, 1.54) is 19.3 Å². The highest BCUT2D eigenvalue weighted by Crippen LogP contribution is 2.33. The first-order chi connectivity index (χ1) is 16.1. The number of carbonyl (C=O) groups excluding carboxylic acids is 1. The molecule has 1 atom stereocenters. The van der Waals surface area contributed by atoms with Gasteiger partial charge in [-0.2, -0.15) is 0 Å². The lowest BCUT2D eigenvalue weighted by molar-refractivity contribution is 0.101. The fourth-order valence-electron chi connectivity index (χ4n) is 4.28. The molecule has 0 radical (unpaired) electrons. The van der Waals surface area contributed by atoms with Crippen molar-refractivity contribution in [2.24, 2.45) is 0 Å². The first kappa shape index (κ1) is 23.5. The molecule has 1 saturated heterocycles. The zero-order chi connectivity index (χ0) is 23.2. The van der Waals surface area contributed by atoms with Gasteiger partial charge in [0.05, 0.1) is 12.6 Å². The number of nitrogens with zero attached hydrogens (tertiary/aromatic N) is 4. The summed E-state index contributed by atoms with van der Waals surface area (Å²) >= 11 is 1.62. The number of aromatic nitrogens is 3. The van der Waals surface area contributed by atoms with Crippen LogP contribution in [0.15, 0.2) is 53.7 Å². The van der Waals surface area contributed by atoms with Crippen molar-refractivity contribution in [1.82, 2.24) is 19.7 Å². The van der Waals surface area contributed by atoms with E-state index in [2.05, 4.69) is 38.7 Å². The lowest BCUT2D eigenvalue weighted by atomic mass is 10.1. The molecular weight excluding hydrogens is 432 g/mol. The molecule has 0 saturated carbocycles. The number of hydrogen-bond donors (Lipinski definition) is 0. The van der Waals surface area contributed by atoms with Crippen LogP contribution < -0.4 is 4.74 Å². The van der Waals surface area contributed by atoms with Crippen molar-refractivity contribution in [2.45, 2.75) is 57.0 Å². The molecule has 0 N–H and O–H groups in total. The van der Waals surface area contributed by atoms with Crippen molar-refractivity contribution in [3.8, 4) is 11.4 Å². The quantitative estimate of drug-likeness (QED) is 0.299. The summed E-state index contributed by atoms with van der Waals surface area (Å²) in [5.74, 6) is 2.46. The molecule has 33 heavy (non-hydrogen) atoms. The van der Waals surface area contributed by atoms with Gasteiger partial charge in [0.15, 0.2) is 16.8 Å². The Morgan fingerprint density at radius 2 is 1.85 bits per heavy atom. The van der Waals surface area contributed by atoms with Gasteiger partial charge in [-0.05, 0) is 77.0 Å². The van der Waals surface area contributed by atoms with Crippen LogP contribution in [0.1, 0.15) is 67.8 Å². The van der Waals surface area contributed by atoms with Gasteiger partial charge in [-0.25, -0.2) is 0 Å². The molecule has 1 aromatic heterocycles. The van der Waals surface area contributed by atoms with Crippen LogP contribution in [0.4, 0.5) is 0 Å². The zero-order valence-corrected chi connectivity index (χ0v) is 20.5. The fourth-order valence-corrected chi connectivity index (χ4v) is 5.22. The third kappa shape index (κ3) is 5.47. The van der Waals surface area contributed by atoms with E-state index in [0.717, 1.165) is 41.1 Å². The van der Waals surface area contributed by atoms with E-state index in [0.29, 0.717) is 17.9 Å². The van der Waals surface area contributed by atoms with Crippen molar-refractivity contribution in [3.05, 3.63) is 65.5 Å². The van der Waals surface area contributed by atoms with Crippen LogP contribution in [0.25, 0.3) is 5.69 Å². The number of rotatable bonds is 9. The monoisotopic (exact) mass is 464 g/mol. The highest BCUT2D eigenvalue weighted by atomic mass is 32.2. The number of Topliss-reactive ketones (excluding diaryl/α,β-unsaturated/α-hetero) is 1. The predicted octanol–water partition coefficient (Wildman–Crippen LogP) is 5.71. The Bertz CT molecular complexity index is 1080. The van der Waals surface area contributed by atoms with E-state index < -0.39 is 0 Å². The van der Waals surface area contributed by atoms with Gasteiger partial charge in [-0.15, -0.1) is 10.2 Å². The van der Waals surface area contributed by atoms with Crippen molar-refractivity contribution in [3.63, 3.8) is 0 Å². The maximum Gasteiger partial charge on any atom is 0.196 e. The second-order valence-corrected chi connectivity index (χ2v) is 9.33. The second-order valence-electron chi connectivity index (χ2n) is 8.38. The number of thioether (sulfide) groups is 1. The Morgan fingerprint density at radius 3 is 2.55 bits per heavy atom. The number of benzene rings is 2. The van der Waals surface area contributed by atoms with Gasteiger partial charge in [-0.3, -0.25) is 14.3 Å². The smallest absolute Gasteiger partial charge is 0.196 e. The molecule has 0 amide bonds. The molecule has 7 heteroatoms. The third-order valence-corrected chi connectivity index (χ3v) is 7.09. The fraction of sp³-hybridized carbons (Fsp3) is 0.423. The van der Waals surface area contributed by atoms with Crippen LogP contribution >= 0.6 is 11.8 Å². The molecule has 0 bridgehead atoms. The normalized spacial score (nSPS) is 15.4. The van der Waals surface area contributed by atoms with Crippen LogP contribution in [0, 0.1) is 0 Å². The number of ketones is 1. The summed E-state index contributed by atoms with van der Waals surface area (Å²) in [6, 6.07) is 16.1.